The first-order valence-electron chi connectivity index (χ1n) is 6.18. The summed E-state index contributed by atoms with van der Waals surface area (Å²) in [5, 5.41) is 4.20. The Hall–Kier alpha value is -2.50. The molecule has 0 bridgehead atoms. The van der Waals surface area contributed by atoms with Crippen LogP contribution in [-0.4, -0.2) is 34.7 Å². The van der Waals surface area contributed by atoms with Gasteiger partial charge < -0.3 is 15.4 Å². The lowest BCUT2D eigenvalue weighted by atomic mass is 10.1. The number of hydrogen-bond acceptors (Lipinski definition) is 4. The van der Waals surface area contributed by atoms with E-state index >= 15 is 0 Å². The third-order valence-electron chi connectivity index (χ3n) is 2.84. The van der Waals surface area contributed by atoms with Gasteiger partial charge in [0, 0.05) is 32.8 Å². The first-order valence-corrected chi connectivity index (χ1v) is 6.18. The summed E-state index contributed by atoms with van der Waals surface area (Å²) in [5.41, 5.74) is 7.74. The number of aryl methyl sites for hydroxylation is 2. The number of carbonyl (C=O) groups is 1. The Kier molecular flexibility index (Phi) is 3.65. The van der Waals surface area contributed by atoms with Crippen LogP contribution in [0.5, 0.6) is 11.6 Å². The minimum absolute atomic E-state index is 0.101. The number of carbonyl (C=O) groups excluding carboxylic acids is 1. The average Bonchev–Trinajstić information content (AvgIpc) is 2.69. The van der Waals surface area contributed by atoms with Crippen LogP contribution in [0.3, 0.4) is 0 Å². The zero-order chi connectivity index (χ0) is 14.9. The van der Waals surface area contributed by atoms with Gasteiger partial charge in [-0.25, -0.2) is 4.68 Å². The fraction of sp³-hybridized carbons (Fsp3) is 0.286. The lowest BCUT2D eigenvalue weighted by Crippen LogP contribution is -2.21. The zero-order valence-corrected chi connectivity index (χ0v) is 12.0. The molecule has 2 N–H and O–H groups in total. The molecule has 0 unspecified atom stereocenters. The second-order valence-corrected chi connectivity index (χ2v) is 4.80. The molecule has 0 saturated carbocycles. The Bertz CT molecular complexity index is 647. The van der Waals surface area contributed by atoms with Gasteiger partial charge >= 0.3 is 0 Å². The van der Waals surface area contributed by atoms with E-state index in [4.69, 9.17) is 10.5 Å². The topological polar surface area (TPSA) is 73.4 Å². The van der Waals surface area contributed by atoms with E-state index in [0.29, 0.717) is 22.9 Å². The van der Waals surface area contributed by atoms with E-state index in [1.807, 2.05) is 6.92 Å². The zero-order valence-electron chi connectivity index (χ0n) is 12.0. The molecule has 1 aromatic heterocycles. The summed E-state index contributed by atoms with van der Waals surface area (Å²) >= 11 is 0. The van der Waals surface area contributed by atoms with E-state index in [0.717, 1.165) is 5.69 Å². The van der Waals surface area contributed by atoms with Crippen LogP contribution in [0, 0.1) is 6.92 Å². The SMILES string of the molecule is Cc1cc(Oc2cc(C(=O)N(C)C)ccc2N)n(C)n1. The third kappa shape index (κ3) is 2.74. The van der Waals surface area contributed by atoms with Crippen molar-refractivity contribution >= 4 is 11.6 Å². The highest BCUT2D eigenvalue weighted by Crippen LogP contribution is 2.28. The predicted octanol–water partition coefficient (Wildman–Crippen LogP) is 1.80. The van der Waals surface area contributed by atoms with Gasteiger partial charge in [0.2, 0.25) is 5.88 Å². The number of benzene rings is 1. The molecule has 0 atom stereocenters. The van der Waals surface area contributed by atoms with E-state index in [-0.39, 0.29) is 5.91 Å². The van der Waals surface area contributed by atoms with Gasteiger partial charge in [-0.2, -0.15) is 5.10 Å². The molecule has 106 valence electrons. The van der Waals surface area contributed by atoms with E-state index in [1.54, 1.807) is 50.1 Å². The summed E-state index contributed by atoms with van der Waals surface area (Å²) in [6.07, 6.45) is 0. The van der Waals surface area contributed by atoms with Crippen LogP contribution in [0.1, 0.15) is 16.1 Å². The number of nitrogens with two attached hydrogens (primary N) is 1. The molecule has 2 aromatic rings. The molecule has 6 nitrogen and oxygen atoms in total. The number of nitrogens with zero attached hydrogens (tertiary/aromatic N) is 3. The molecule has 20 heavy (non-hydrogen) atoms. The average molecular weight is 274 g/mol. The van der Waals surface area contributed by atoms with Crippen LogP contribution in [0.2, 0.25) is 0 Å². The minimum Gasteiger partial charge on any atom is -0.437 e. The third-order valence-corrected chi connectivity index (χ3v) is 2.84. The number of amides is 1. The van der Waals surface area contributed by atoms with Crippen LogP contribution in [0.15, 0.2) is 24.3 Å². The Balaban J connectivity index is 2.34. The number of ether oxygens (including phenoxy) is 1. The van der Waals surface area contributed by atoms with Crippen LogP contribution < -0.4 is 10.5 Å². The van der Waals surface area contributed by atoms with E-state index < -0.39 is 0 Å². The number of anilines is 1. The molecule has 0 radical (unpaired) electrons. The molecule has 0 aliphatic carbocycles. The number of hydrogen-bond donors (Lipinski definition) is 1. The Morgan fingerprint density at radius 3 is 2.60 bits per heavy atom. The van der Waals surface area contributed by atoms with Crippen molar-refractivity contribution in [1.29, 1.82) is 0 Å². The van der Waals surface area contributed by atoms with Gasteiger partial charge in [0.1, 0.15) is 0 Å². The lowest BCUT2D eigenvalue weighted by molar-refractivity contribution is 0.0827. The molecule has 1 aromatic carbocycles. The molecular formula is C14H18N4O2. The van der Waals surface area contributed by atoms with Crippen LogP contribution in [0.4, 0.5) is 5.69 Å². The summed E-state index contributed by atoms with van der Waals surface area (Å²) < 4.78 is 7.36. The van der Waals surface area contributed by atoms with Gasteiger partial charge in [-0.3, -0.25) is 4.79 Å². The molecule has 0 saturated heterocycles. The van der Waals surface area contributed by atoms with Gasteiger partial charge in [0.05, 0.1) is 11.4 Å². The summed E-state index contributed by atoms with van der Waals surface area (Å²) in [4.78, 5) is 13.4. The molecule has 1 heterocycles. The Labute approximate surface area is 117 Å². The van der Waals surface area contributed by atoms with Crippen molar-refractivity contribution in [2.75, 3.05) is 19.8 Å². The number of aromatic nitrogens is 2. The van der Waals surface area contributed by atoms with Crippen molar-refractivity contribution in [1.82, 2.24) is 14.7 Å². The van der Waals surface area contributed by atoms with Crippen molar-refractivity contribution in [3.63, 3.8) is 0 Å². The Morgan fingerprint density at radius 2 is 2.05 bits per heavy atom. The highest BCUT2D eigenvalue weighted by atomic mass is 16.5. The lowest BCUT2D eigenvalue weighted by Gasteiger charge is -2.13. The largest absolute Gasteiger partial charge is 0.437 e. The fourth-order valence-corrected chi connectivity index (χ4v) is 1.81. The fourth-order valence-electron chi connectivity index (χ4n) is 1.81. The summed E-state index contributed by atoms with van der Waals surface area (Å²) in [6, 6.07) is 6.79. The highest BCUT2D eigenvalue weighted by Gasteiger charge is 2.13. The second-order valence-electron chi connectivity index (χ2n) is 4.80. The van der Waals surface area contributed by atoms with Crippen molar-refractivity contribution < 1.29 is 9.53 Å². The monoisotopic (exact) mass is 274 g/mol. The Morgan fingerprint density at radius 1 is 1.35 bits per heavy atom. The van der Waals surface area contributed by atoms with Crippen molar-refractivity contribution in [2.24, 2.45) is 7.05 Å². The van der Waals surface area contributed by atoms with Gasteiger partial charge in [-0.15, -0.1) is 0 Å². The first kappa shape index (κ1) is 13.9. The quantitative estimate of drug-likeness (QED) is 0.866. The predicted molar refractivity (Wildman–Crippen MR) is 76.9 cm³/mol. The molecule has 2 rings (SSSR count). The highest BCUT2D eigenvalue weighted by molar-refractivity contribution is 5.94. The molecule has 6 heteroatoms. The van der Waals surface area contributed by atoms with E-state index in [9.17, 15) is 4.79 Å². The maximum atomic E-state index is 11.9. The van der Waals surface area contributed by atoms with Crippen LogP contribution in [-0.2, 0) is 7.05 Å². The molecule has 0 aliphatic heterocycles. The second kappa shape index (κ2) is 5.24. The van der Waals surface area contributed by atoms with E-state index in [2.05, 4.69) is 5.10 Å². The van der Waals surface area contributed by atoms with Gasteiger partial charge in [0.25, 0.3) is 5.91 Å². The first-order chi connectivity index (χ1) is 9.38. The van der Waals surface area contributed by atoms with Crippen LogP contribution in [0.25, 0.3) is 0 Å². The summed E-state index contributed by atoms with van der Waals surface area (Å²) in [7, 11) is 5.18. The smallest absolute Gasteiger partial charge is 0.253 e. The van der Waals surface area contributed by atoms with Gasteiger partial charge in [-0.1, -0.05) is 0 Å². The van der Waals surface area contributed by atoms with Crippen molar-refractivity contribution in [3.8, 4) is 11.6 Å². The number of nitrogen functional groups attached to an aromatic ring is 1. The minimum atomic E-state index is -0.101. The van der Waals surface area contributed by atoms with E-state index in [1.165, 1.54) is 4.90 Å². The summed E-state index contributed by atoms with van der Waals surface area (Å²) in [6.45, 7) is 1.88. The molecule has 0 spiro atoms. The normalized spacial score (nSPS) is 10.4. The maximum Gasteiger partial charge on any atom is 0.253 e. The summed E-state index contributed by atoms with van der Waals surface area (Å²) in [5.74, 6) is 0.917. The molecular weight excluding hydrogens is 256 g/mol. The molecule has 0 fully saturated rings. The maximum absolute atomic E-state index is 11.9. The van der Waals surface area contributed by atoms with Gasteiger partial charge in [-0.05, 0) is 25.1 Å². The van der Waals surface area contributed by atoms with Crippen LogP contribution >= 0.6 is 0 Å². The standard InChI is InChI=1S/C14H18N4O2/c1-9-7-13(18(4)16-9)20-12-8-10(5-6-11(12)15)14(19)17(2)3/h5-8H,15H2,1-4H3. The van der Waals surface area contributed by atoms with Crippen molar-refractivity contribution in [3.05, 3.63) is 35.5 Å². The number of rotatable bonds is 3. The van der Waals surface area contributed by atoms with Crippen molar-refractivity contribution in [2.45, 2.75) is 6.92 Å². The molecule has 1 amide bonds. The molecule has 0 aliphatic rings. The van der Waals surface area contributed by atoms with Gasteiger partial charge in [0.15, 0.2) is 5.75 Å².